The van der Waals surface area contributed by atoms with Gasteiger partial charge in [-0.1, -0.05) is 36.7 Å². The van der Waals surface area contributed by atoms with E-state index in [2.05, 4.69) is 12.2 Å². The molecule has 150 valence electrons. The molecule has 3 unspecified atom stereocenters. The zero-order valence-electron chi connectivity index (χ0n) is 16.2. The van der Waals surface area contributed by atoms with Crippen molar-refractivity contribution in [2.24, 2.45) is 11.8 Å². The van der Waals surface area contributed by atoms with Gasteiger partial charge in [-0.05, 0) is 55.7 Å². The summed E-state index contributed by atoms with van der Waals surface area (Å²) in [6.07, 6.45) is 6.01. The normalized spacial score (nSPS) is 29.8. The van der Waals surface area contributed by atoms with Gasteiger partial charge in [0.2, 0.25) is 5.91 Å². The number of amides is 2. The third-order valence-corrected chi connectivity index (χ3v) is 6.59. The molecule has 0 aromatic heterocycles. The van der Waals surface area contributed by atoms with Crippen LogP contribution in [0.25, 0.3) is 6.08 Å². The van der Waals surface area contributed by atoms with E-state index >= 15 is 0 Å². The Balaban J connectivity index is 1.40. The van der Waals surface area contributed by atoms with Crippen LogP contribution >= 0.6 is 11.6 Å². The molecule has 1 saturated carbocycles. The Morgan fingerprint density at radius 3 is 2.71 bits per heavy atom. The van der Waals surface area contributed by atoms with Gasteiger partial charge in [0.1, 0.15) is 6.10 Å². The molecule has 0 bridgehead atoms. The molecule has 1 aromatic carbocycles. The number of benzene rings is 1. The molecular weight excluding hydrogens is 376 g/mol. The number of rotatable bonds is 2. The first-order valence-corrected chi connectivity index (χ1v) is 10.6. The van der Waals surface area contributed by atoms with E-state index < -0.39 is 0 Å². The van der Waals surface area contributed by atoms with Gasteiger partial charge in [0.25, 0.3) is 5.91 Å². The van der Waals surface area contributed by atoms with Crippen molar-refractivity contribution in [1.82, 2.24) is 10.2 Å². The number of carbonyl (C=O) groups excluding carboxylic acids is 2. The molecule has 0 spiro atoms. The summed E-state index contributed by atoms with van der Waals surface area (Å²) >= 11 is 6.19. The van der Waals surface area contributed by atoms with E-state index in [1.807, 2.05) is 23.1 Å². The highest BCUT2D eigenvalue weighted by molar-refractivity contribution is 6.32. The number of hydrogen-bond donors (Lipinski definition) is 1. The Hall–Kier alpha value is -2.01. The van der Waals surface area contributed by atoms with Crippen molar-refractivity contribution >= 4 is 29.5 Å². The van der Waals surface area contributed by atoms with Crippen molar-refractivity contribution < 1.29 is 14.3 Å². The highest BCUT2D eigenvalue weighted by atomic mass is 35.5. The highest BCUT2D eigenvalue weighted by Gasteiger charge is 2.41. The molecule has 3 aliphatic rings. The average molecular weight is 403 g/mol. The lowest BCUT2D eigenvalue weighted by atomic mass is 9.81. The molecular formula is C22H27ClN2O3. The van der Waals surface area contributed by atoms with Gasteiger partial charge in [0, 0.05) is 24.0 Å². The predicted molar refractivity (Wildman–Crippen MR) is 109 cm³/mol. The van der Waals surface area contributed by atoms with Crippen molar-refractivity contribution in [1.29, 1.82) is 0 Å². The number of nitrogens with one attached hydrogen (secondary N) is 1. The minimum absolute atomic E-state index is 0.0207. The van der Waals surface area contributed by atoms with E-state index in [0.29, 0.717) is 23.1 Å². The fourth-order valence-electron chi connectivity index (χ4n) is 4.44. The maximum Gasteiger partial charge on any atom is 0.286 e. The summed E-state index contributed by atoms with van der Waals surface area (Å²) in [6.45, 7) is 3.96. The average Bonchev–Trinajstić information content (AvgIpc) is 2.70. The molecule has 1 N–H and O–H groups in total. The summed E-state index contributed by atoms with van der Waals surface area (Å²) in [7, 11) is 0. The van der Waals surface area contributed by atoms with Crippen LogP contribution in [0.1, 0.15) is 44.6 Å². The lowest BCUT2D eigenvalue weighted by Gasteiger charge is -2.41. The summed E-state index contributed by atoms with van der Waals surface area (Å²) in [5.74, 6) is 0.990. The van der Waals surface area contributed by atoms with Gasteiger partial charge in [-0.25, -0.2) is 0 Å². The molecule has 5 nitrogen and oxygen atoms in total. The van der Waals surface area contributed by atoms with E-state index in [0.717, 1.165) is 44.3 Å². The Labute approximate surface area is 171 Å². The van der Waals surface area contributed by atoms with Crippen molar-refractivity contribution in [3.63, 3.8) is 0 Å². The summed E-state index contributed by atoms with van der Waals surface area (Å²) in [6, 6.07) is 7.26. The number of piperidine rings is 1. The van der Waals surface area contributed by atoms with Gasteiger partial charge in [-0.3, -0.25) is 9.59 Å². The maximum atomic E-state index is 12.9. The van der Waals surface area contributed by atoms with Crippen LogP contribution in [0, 0.1) is 11.8 Å². The first kappa shape index (κ1) is 19.3. The molecule has 0 radical (unpaired) electrons. The minimum atomic E-state index is -0.235. The molecule has 2 heterocycles. The van der Waals surface area contributed by atoms with Gasteiger partial charge in [0.05, 0.1) is 6.04 Å². The Kier molecular flexibility index (Phi) is 5.63. The number of likely N-dealkylation sites (tertiary alicyclic amines) is 1. The van der Waals surface area contributed by atoms with Gasteiger partial charge in [-0.15, -0.1) is 0 Å². The Morgan fingerprint density at radius 1 is 1.21 bits per heavy atom. The molecule has 3 atom stereocenters. The zero-order chi connectivity index (χ0) is 19.7. The molecule has 2 aliphatic heterocycles. The van der Waals surface area contributed by atoms with E-state index in [1.165, 1.54) is 0 Å². The monoisotopic (exact) mass is 402 g/mol. The van der Waals surface area contributed by atoms with Crippen molar-refractivity contribution in [3.8, 4) is 0 Å². The smallest absolute Gasteiger partial charge is 0.286 e. The van der Waals surface area contributed by atoms with Crippen LogP contribution in [0.2, 0.25) is 5.02 Å². The molecule has 4 rings (SSSR count). The SMILES string of the molecule is CC1CCN(C(=O)C2CCC3O/C(=C\c4ccccc4Cl)C(=O)NC3C2)CC1. The molecule has 2 saturated heterocycles. The number of ether oxygens (including phenoxy) is 1. The summed E-state index contributed by atoms with van der Waals surface area (Å²) in [5, 5.41) is 3.64. The van der Waals surface area contributed by atoms with Crippen LogP contribution in [-0.2, 0) is 14.3 Å². The van der Waals surface area contributed by atoms with Gasteiger partial charge in [-0.2, -0.15) is 0 Å². The van der Waals surface area contributed by atoms with Crippen molar-refractivity contribution in [3.05, 3.63) is 40.6 Å². The van der Waals surface area contributed by atoms with Crippen molar-refractivity contribution in [2.45, 2.75) is 51.2 Å². The van der Waals surface area contributed by atoms with Crippen LogP contribution < -0.4 is 5.32 Å². The first-order chi connectivity index (χ1) is 13.5. The molecule has 3 fully saturated rings. The van der Waals surface area contributed by atoms with Gasteiger partial charge < -0.3 is 15.0 Å². The van der Waals surface area contributed by atoms with E-state index in [1.54, 1.807) is 12.1 Å². The van der Waals surface area contributed by atoms with Crippen LogP contribution in [0.4, 0.5) is 0 Å². The highest BCUT2D eigenvalue weighted by Crippen LogP contribution is 2.33. The summed E-state index contributed by atoms with van der Waals surface area (Å²) < 4.78 is 6.01. The van der Waals surface area contributed by atoms with Crippen molar-refractivity contribution in [2.75, 3.05) is 13.1 Å². The predicted octanol–water partition coefficient (Wildman–Crippen LogP) is 3.62. The molecule has 2 amide bonds. The molecule has 6 heteroatoms. The number of halogens is 1. The van der Waals surface area contributed by atoms with E-state index in [4.69, 9.17) is 16.3 Å². The number of morpholine rings is 1. The van der Waals surface area contributed by atoms with Crippen LogP contribution in [0.5, 0.6) is 0 Å². The fraction of sp³-hybridized carbons (Fsp3) is 0.545. The van der Waals surface area contributed by atoms with Crippen LogP contribution in [0.15, 0.2) is 30.0 Å². The lowest BCUT2D eigenvalue weighted by molar-refractivity contribution is -0.142. The maximum absolute atomic E-state index is 12.9. The quantitative estimate of drug-likeness (QED) is 0.768. The van der Waals surface area contributed by atoms with E-state index in [-0.39, 0.29) is 29.9 Å². The number of nitrogens with zero attached hydrogens (tertiary/aromatic N) is 1. The van der Waals surface area contributed by atoms with E-state index in [9.17, 15) is 9.59 Å². The Bertz CT molecular complexity index is 786. The third kappa shape index (κ3) is 4.04. The van der Waals surface area contributed by atoms with Crippen LogP contribution in [-0.4, -0.2) is 41.9 Å². The van der Waals surface area contributed by atoms with Gasteiger partial charge in [0.15, 0.2) is 5.76 Å². The minimum Gasteiger partial charge on any atom is -0.483 e. The lowest BCUT2D eigenvalue weighted by Crippen LogP contribution is -2.55. The second-order valence-electron chi connectivity index (χ2n) is 8.28. The standard InChI is InChI=1S/C22H27ClN2O3/c1-14-8-10-25(11-9-14)22(27)16-6-7-19-18(12-16)24-21(26)20(28-19)13-15-4-2-3-5-17(15)23/h2-5,13-14,16,18-19H,6-12H2,1H3,(H,24,26)/b20-13-. The first-order valence-electron chi connectivity index (χ1n) is 10.2. The summed E-state index contributed by atoms with van der Waals surface area (Å²) in [5.41, 5.74) is 0.760. The second-order valence-corrected chi connectivity index (χ2v) is 8.69. The topological polar surface area (TPSA) is 58.6 Å². The number of carbonyl (C=O) groups is 2. The number of hydrogen-bond acceptors (Lipinski definition) is 3. The fourth-order valence-corrected chi connectivity index (χ4v) is 4.63. The zero-order valence-corrected chi connectivity index (χ0v) is 17.0. The van der Waals surface area contributed by atoms with Gasteiger partial charge >= 0.3 is 0 Å². The molecule has 28 heavy (non-hydrogen) atoms. The summed E-state index contributed by atoms with van der Waals surface area (Å²) in [4.78, 5) is 27.5. The Morgan fingerprint density at radius 2 is 1.96 bits per heavy atom. The largest absolute Gasteiger partial charge is 0.483 e. The number of fused-ring (bicyclic) bond motifs is 1. The van der Waals surface area contributed by atoms with Crippen LogP contribution in [0.3, 0.4) is 0 Å². The second kappa shape index (κ2) is 8.16. The molecule has 1 aliphatic carbocycles. The third-order valence-electron chi connectivity index (χ3n) is 6.24. The molecule has 1 aromatic rings.